The van der Waals surface area contributed by atoms with Crippen molar-refractivity contribution in [3.63, 3.8) is 0 Å². The van der Waals surface area contributed by atoms with Crippen LogP contribution in [0.3, 0.4) is 0 Å². The van der Waals surface area contributed by atoms with Crippen molar-refractivity contribution in [2.45, 2.75) is 39.0 Å². The molecule has 1 aromatic carbocycles. The SMILES string of the molecule is [Cl-].[Cl-].[Cl-].[Cl-].[Cl-].[Cl-].[Cl-].[Cl-].c1c2c(cc3c1C[NH2+]CC[NH2+]CCC[NH2+]CC[NH2+]C3)C[NH2+]CC[NH2+]CCC[NH2+]CC[NH2+]C2. The number of hydrogen-bond donors (Lipinski definition) is 8. The largest absolute Gasteiger partial charge is 1.00 e. The topological polar surface area (TPSA) is 133 Å². The number of rotatable bonds is 0. The molecule has 0 fully saturated rings. The minimum Gasteiger partial charge on any atom is -1.00 e. The summed E-state index contributed by atoms with van der Waals surface area (Å²) in [6.07, 6.45) is 2.66. The van der Waals surface area contributed by atoms with Gasteiger partial charge in [0.2, 0.25) is 0 Å². The first-order valence-electron chi connectivity index (χ1n) is 13.6. The molecule has 0 spiro atoms. The van der Waals surface area contributed by atoms with E-state index in [-0.39, 0.29) is 99.3 Å². The van der Waals surface area contributed by atoms with Crippen LogP contribution in [0.15, 0.2) is 12.1 Å². The Hall–Kier alpha value is 1.22. The Balaban J connectivity index is -0.000000361. The van der Waals surface area contributed by atoms with E-state index < -0.39 is 0 Å². The van der Waals surface area contributed by atoms with Crippen molar-refractivity contribution < 1.29 is 142 Å². The van der Waals surface area contributed by atoms with Crippen LogP contribution in [0, 0.1) is 0 Å². The Morgan fingerprint density at radius 1 is 0.275 bits per heavy atom. The number of hydrogen-bond acceptors (Lipinski definition) is 0. The highest BCUT2D eigenvalue weighted by atomic mass is 35.5. The van der Waals surface area contributed by atoms with Gasteiger partial charge in [-0.25, -0.2) is 0 Å². The molecule has 2 aliphatic rings. The first-order valence-corrected chi connectivity index (χ1v) is 13.6. The average Bonchev–Trinajstić information content (AvgIpc) is 2.82. The normalized spacial score (nSPS) is 17.8. The van der Waals surface area contributed by atoms with Crippen molar-refractivity contribution in [1.82, 2.24) is 0 Å². The maximum Gasteiger partial charge on any atom is 0.125 e. The van der Waals surface area contributed by atoms with Gasteiger partial charge in [0.15, 0.2) is 0 Å². The Kier molecular flexibility index (Phi) is 48.9. The summed E-state index contributed by atoms with van der Waals surface area (Å²) in [5.41, 5.74) is 6.30. The third kappa shape index (κ3) is 23.6. The van der Waals surface area contributed by atoms with Crippen molar-refractivity contribution in [3.8, 4) is 0 Å². The third-order valence-electron chi connectivity index (χ3n) is 6.91. The lowest BCUT2D eigenvalue weighted by Gasteiger charge is -2.14. The number of halogens is 8. The van der Waals surface area contributed by atoms with Crippen LogP contribution in [-0.4, -0.2) is 78.5 Å². The van der Waals surface area contributed by atoms with Crippen molar-refractivity contribution in [2.24, 2.45) is 0 Å². The Morgan fingerprint density at radius 2 is 0.475 bits per heavy atom. The maximum absolute atomic E-state index is 2.57. The molecule has 8 nitrogen and oxygen atoms in total. The number of quaternary nitrogens is 8. The second-order valence-corrected chi connectivity index (χ2v) is 9.69. The molecule has 0 aromatic heterocycles. The Morgan fingerprint density at radius 3 is 0.700 bits per heavy atom. The van der Waals surface area contributed by atoms with Gasteiger partial charge < -0.3 is 142 Å². The maximum atomic E-state index is 2.57. The van der Waals surface area contributed by atoms with Gasteiger partial charge in [0.25, 0.3) is 0 Å². The molecule has 0 unspecified atom stereocenters. The lowest BCUT2D eigenvalue weighted by molar-refractivity contribution is -0.740. The molecule has 0 bridgehead atoms. The predicted molar refractivity (Wildman–Crippen MR) is 124 cm³/mol. The molecule has 16 heteroatoms. The molecule has 2 heterocycles. The summed E-state index contributed by atoms with van der Waals surface area (Å²) in [5, 5.41) is 20.1. The summed E-state index contributed by atoms with van der Waals surface area (Å²) in [6.45, 7) is 19.4. The van der Waals surface area contributed by atoms with Crippen molar-refractivity contribution in [3.05, 3.63) is 34.4 Å². The van der Waals surface area contributed by atoms with Crippen LogP contribution >= 0.6 is 0 Å². The van der Waals surface area contributed by atoms with E-state index in [1.165, 1.54) is 91.4 Å². The molecule has 0 radical (unpaired) electrons. The fraction of sp³-hybridized carbons (Fsp3) is 0.750. The van der Waals surface area contributed by atoms with Gasteiger partial charge in [0, 0.05) is 35.1 Å². The molecule has 16 N–H and O–H groups in total. The molecule has 1 aromatic rings. The average molecular weight is 738 g/mol. The van der Waals surface area contributed by atoms with Gasteiger partial charge in [0.05, 0.1) is 26.2 Å². The second-order valence-electron chi connectivity index (χ2n) is 9.69. The molecular weight excluding hydrogens is 684 g/mol. The van der Waals surface area contributed by atoms with E-state index in [9.17, 15) is 0 Å². The van der Waals surface area contributed by atoms with Crippen LogP contribution in [0.5, 0.6) is 0 Å². The van der Waals surface area contributed by atoms with E-state index in [4.69, 9.17) is 0 Å². The summed E-state index contributed by atoms with van der Waals surface area (Å²) in [5.74, 6) is 0. The summed E-state index contributed by atoms with van der Waals surface area (Å²) in [4.78, 5) is 0. The second kappa shape index (κ2) is 36.4. The van der Waals surface area contributed by atoms with Gasteiger partial charge in [0.1, 0.15) is 78.5 Å². The first-order chi connectivity index (χ1) is 15.9. The predicted octanol–water partition coefficient (Wildman–Crippen LogP) is -33.0. The van der Waals surface area contributed by atoms with E-state index in [0.717, 1.165) is 26.2 Å². The van der Waals surface area contributed by atoms with Crippen molar-refractivity contribution in [1.29, 1.82) is 0 Å². The van der Waals surface area contributed by atoms with Crippen LogP contribution < -0.4 is 142 Å². The number of fused-ring (bicyclic) bond motifs is 2. The Bertz CT molecular complexity index is 553. The van der Waals surface area contributed by atoms with E-state index in [2.05, 4.69) is 54.7 Å². The smallest absolute Gasteiger partial charge is 0.125 e. The standard InChI is InChI=1S/C24H46N8.8ClH/c1-3-25-7-11-29-17-21-15-23-19-31-13-9-27-5-2-6-28-10-14-32-20-24(23)16-22(21)18-30-12-8-26-4-1;;;;;;;;/h15-16,25-32H,1-14,17-20H2;8*1H. The zero-order chi connectivity index (χ0) is 22.1. The van der Waals surface area contributed by atoms with Crippen LogP contribution in [0.25, 0.3) is 0 Å². The van der Waals surface area contributed by atoms with E-state index in [0.29, 0.717) is 0 Å². The summed E-state index contributed by atoms with van der Waals surface area (Å²) in [7, 11) is 0. The van der Waals surface area contributed by atoms with Crippen LogP contribution in [0.2, 0.25) is 0 Å². The quantitative estimate of drug-likeness (QED) is 0.129. The van der Waals surface area contributed by atoms with E-state index in [1.807, 2.05) is 0 Å². The van der Waals surface area contributed by atoms with Gasteiger partial charge in [-0.15, -0.1) is 0 Å². The highest BCUT2D eigenvalue weighted by Crippen LogP contribution is 2.15. The minimum atomic E-state index is 0. The minimum absolute atomic E-state index is 0. The molecule has 0 saturated carbocycles. The molecule has 3 rings (SSSR count). The molecule has 0 aliphatic carbocycles. The summed E-state index contributed by atoms with van der Waals surface area (Å²) in [6, 6.07) is 5.14. The summed E-state index contributed by atoms with van der Waals surface area (Å²) < 4.78 is 0. The number of benzene rings is 1. The molecule has 40 heavy (non-hydrogen) atoms. The first kappa shape index (κ1) is 53.8. The van der Waals surface area contributed by atoms with Gasteiger partial charge in [-0.1, -0.05) is 0 Å². The Labute approximate surface area is 292 Å². The van der Waals surface area contributed by atoms with E-state index in [1.54, 1.807) is 22.3 Å². The monoisotopic (exact) mass is 734 g/mol. The van der Waals surface area contributed by atoms with Crippen molar-refractivity contribution >= 4 is 0 Å². The lowest BCUT2D eigenvalue weighted by Crippen LogP contribution is -3.00. The lowest BCUT2D eigenvalue weighted by atomic mass is 9.97. The molecule has 0 amide bonds. The molecule has 0 saturated heterocycles. The molecule has 0 atom stereocenters. The molecule has 2 aliphatic heterocycles. The van der Waals surface area contributed by atoms with Crippen LogP contribution in [-0.2, 0) is 26.2 Å². The third-order valence-corrected chi connectivity index (χ3v) is 6.91. The van der Waals surface area contributed by atoms with Gasteiger partial charge in [-0.05, 0) is 12.1 Å². The van der Waals surface area contributed by atoms with Gasteiger partial charge >= 0.3 is 0 Å². The van der Waals surface area contributed by atoms with Gasteiger partial charge in [-0.3, -0.25) is 0 Å². The zero-order valence-electron chi connectivity index (χ0n) is 23.5. The highest BCUT2D eigenvalue weighted by molar-refractivity contribution is 5.37. The van der Waals surface area contributed by atoms with Crippen LogP contribution in [0.4, 0.5) is 0 Å². The fourth-order valence-corrected chi connectivity index (χ4v) is 4.91. The van der Waals surface area contributed by atoms with Gasteiger partial charge in [-0.2, -0.15) is 0 Å². The number of nitrogens with two attached hydrogens (primary N) is 8. The van der Waals surface area contributed by atoms with E-state index >= 15 is 0 Å². The zero-order valence-corrected chi connectivity index (χ0v) is 29.6. The van der Waals surface area contributed by atoms with Crippen molar-refractivity contribution in [2.75, 3.05) is 78.5 Å². The molecule has 246 valence electrons. The highest BCUT2D eigenvalue weighted by Gasteiger charge is 2.16. The molecular formula is C24H54Cl8N8. The fourth-order valence-electron chi connectivity index (χ4n) is 4.91. The summed E-state index contributed by atoms with van der Waals surface area (Å²) >= 11 is 0. The van der Waals surface area contributed by atoms with Crippen LogP contribution in [0.1, 0.15) is 35.1 Å².